The molecule has 0 bridgehead atoms. The van der Waals surface area contributed by atoms with E-state index in [1.54, 1.807) is 7.05 Å². The van der Waals surface area contributed by atoms with Gasteiger partial charge < -0.3 is 15.2 Å². The summed E-state index contributed by atoms with van der Waals surface area (Å²) in [5, 5.41) is 11.6. The number of benzene rings is 2. The van der Waals surface area contributed by atoms with E-state index < -0.39 is 0 Å². The summed E-state index contributed by atoms with van der Waals surface area (Å²) < 4.78 is 4.28. The van der Waals surface area contributed by atoms with E-state index >= 15 is 0 Å². The predicted molar refractivity (Wildman–Crippen MR) is 130 cm³/mol. The number of para-hydroxylation sites is 3. The van der Waals surface area contributed by atoms with Crippen LogP contribution < -0.4 is 10.6 Å². The third kappa shape index (κ3) is 4.51. The Balaban J connectivity index is 1.32. The molecule has 0 aliphatic rings. The van der Waals surface area contributed by atoms with E-state index in [2.05, 4.69) is 76.3 Å². The lowest BCUT2D eigenvalue weighted by molar-refractivity contribution is 0.624. The first-order valence-corrected chi connectivity index (χ1v) is 11.1. The Kier molecular flexibility index (Phi) is 6.54. The average molecular weight is 430 g/mol. The predicted octanol–water partition coefficient (Wildman–Crippen LogP) is 3.90. The molecule has 0 amide bonds. The lowest BCUT2D eigenvalue weighted by Gasteiger charge is -2.13. The van der Waals surface area contributed by atoms with Crippen molar-refractivity contribution in [2.24, 2.45) is 4.99 Å². The van der Waals surface area contributed by atoms with Gasteiger partial charge in [-0.05, 0) is 51.5 Å². The Morgan fingerprint density at radius 3 is 2.50 bits per heavy atom. The van der Waals surface area contributed by atoms with Gasteiger partial charge in [-0.15, -0.1) is 0 Å². The SMILES string of the molecule is CN=C(NCCCn1c(C)nc2ccccc21)NCc1c(C)nn(-c2ccccc2)c1C. The van der Waals surface area contributed by atoms with Crippen LogP contribution in [-0.4, -0.2) is 38.9 Å². The lowest BCUT2D eigenvalue weighted by atomic mass is 10.2. The highest BCUT2D eigenvalue weighted by Crippen LogP contribution is 2.18. The fourth-order valence-corrected chi connectivity index (χ4v) is 4.07. The topological polar surface area (TPSA) is 72.1 Å². The Morgan fingerprint density at radius 1 is 0.969 bits per heavy atom. The van der Waals surface area contributed by atoms with Crippen molar-refractivity contribution in [3.8, 4) is 5.69 Å². The van der Waals surface area contributed by atoms with Crippen LogP contribution in [0.4, 0.5) is 0 Å². The zero-order valence-corrected chi connectivity index (χ0v) is 19.3. The summed E-state index contributed by atoms with van der Waals surface area (Å²) in [6.07, 6.45) is 0.978. The molecule has 0 radical (unpaired) electrons. The van der Waals surface area contributed by atoms with Gasteiger partial charge in [0.1, 0.15) is 5.82 Å². The third-order valence-corrected chi connectivity index (χ3v) is 5.79. The first-order valence-electron chi connectivity index (χ1n) is 11.1. The normalized spacial score (nSPS) is 11.8. The van der Waals surface area contributed by atoms with Gasteiger partial charge in [-0.1, -0.05) is 30.3 Å². The molecule has 4 aromatic rings. The second-order valence-electron chi connectivity index (χ2n) is 7.90. The minimum atomic E-state index is 0.676. The van der Waals surface area contributed by atoms with E-state index in [1.807, 2.05) is 28.9 Å². The van der Waals surface area contributed by atoms with Crippen molar-refractivity contribution in [3.63, 3.8) is 0 Å². The number of aryl methyl sites for hydroxylation is 3. The molecular formula is C25H31N7. The number of nitrogens with one attached hydrogen (secondary N) is 2. The van der Waals surface area contributed by atoms with E-state index in [4.69, 9.17) is 5.10 Å². The number of nitrogens with zero attached hydrogens (tertiary/aromatic N) is 5. The number of guanidine groups is 1. The monoisotopic (exact) mass is 429 g/mol. The molecule has 2 aromatic carbocycles. The number of hydrogen-bond acceptors (Lipinski definition) is 3. The summed E-state index contributed by atoms with van der Waals surface area (Å²) in [6, 6.07) is 18.5. The third-order valence-electron chi connectivity index (χ3n) is 5.79. The molecule has 0 aliphatic carbocycles. The van der Waals surface area contributed by atoms with Crippen LogP contribution in [0, 0.1) is 20.8 Å². The Morgan fingerprint density at radius 2 is 1.72 bits per heavy atom. The van der Waals surface area contributed by atoms with Crippen LogP contribution in [0.15, 0.2) is 59.6 Å². The molecule has 7 nitrogen and oxygen atoms in total. The van der Waals surface area contributed by atoms with Crippen LogP contribution >= 0.6 is 0 Å². The first kappa shape index (κ1) is 21.6. The van der Waals surface area contributed by atoms with Crippen molar-refractivity contribution >= 4 is 17.0 Å². The van der Waals surface area contributed by atoms with E-state index in [0.717, 1.165) is 53.9 Å². The molecule has 4 rings (SSSR count). The average Bonchev–Trinajstić information content (AvgIpc) is 3.29. The van der Waals surface area contributed by atoms with Gasteiger partial charge in [0.05, 0.1) is 22.4 Å². The number of aromatic nitrogens is 4. The molecule has 2 N–H and O–H groups in total. The van der Waals surface area contributed by atoms with Gasteiger partial charge in [0.25, 0.3) is 0 Å². The molecule has 166 valence electrons. The van der Waals surface area contributed by atoms with Crippen LogP contribution in [0.25, 0.3) is 16.7 Å². The zero-order valence-electron chi connectivity index (χ0n) is 19.3. The van der Waals surface area contributed by atoms with Gasteiger partial charge in [-0.25, -0.2) is 9.67 Å². The van der Waals surface area contributed by atoms with Crippen molar-refractivity contribution < 1.29 is 0 Å². The summed E-state index contributed by atoms with van der Waals surface area (Å²) in [6.45, 7) is 8.64. The lowest BCUT2D eigenvalue weighted by Crippen LogP contribution is -2.37. The van der Waals surface area contributed by atoms with Gasteiger partial charge in [0.15, 0.2) is 5.96 Å². The Labute approximate surface area is 189 Å². The summed E-state index contributed by atoms with van der Waals surface area (Å²) in [5.41, 5.74) is 6.67. The van der Waals surface area contributed by atoms with Gasteiger partial charge in [0, 0.05) is 37.9 Å². The highest BCUT2D eigenvalue weighted by atomic mass is 15.3. The fourth-order valence-electron chi connectivity index (χ4n) is 4.07. The molecule has 2 heterocycles. The minimum Gasteiger partial charge on any atom is -0.356 e. The molecule has 0 aliphatic heterocycles. The van der Waals surface area contributed by atoms with Crippen LogP contribution in [-0.2, 0) is 13.1 Å². The van der Waals surface area contributed by atoms with Crippen LogP contribution in [0.1, 0.15) is 29.2 Å². The fraction of sp³-hybridized carbons (Fsp3) is 0.320. The highest BCUT2D eigenvalue weighted by Gasteiger charge is 2.13. The van der Waals surface area contributed by atoms with Crippen molar-refractivity contribution in [2.75, 3.05) is 13.6 Å². The molecule has 7 heteroatoms. The minimum absolute atomic E-state index is 0.676. The van der Waals surface area contributed by atoms with Crippen LogP contribution in [0.5, 0.6) is 0 Å². The molecule has 0 saturated carbocycles. The quantitative estimate of drug-likeness (QED) is 0.265. The van der Waals surface area contributed by atoms with E-state index in [9.17, 15) is 0 Å². The Bertz CT molecular complexity index is 1220. The largest absolute Gasteiger partial charge is 0.356 e. The van der Waals surface area contributed by atoms with Gasteiger partial charge in [-0.2, -0.15) is 5.10 Å². The van der Waals surface area contributed by atoms with E-state index in [0.29, 0.717) is 6.54 Å². The maximum atomic E-state index is 4.73. The van der Waals surface area contributed by atoms with E-state index in [1.165, 1.54) is 11.1 Å². The van der Waals surface area contributed by atoms with Crippen LogP contribution in [0.3, 0.4) is 0 Å². The van der Waals surface area contributed by atoms with Crippen molar-refractivity contribution in [1.29, 1.82) is 0 Å². The molecule has 32 heavy (non-hydrogen) atoms. The second-order valence-corrected chi connectivity index (χ2v) is 7.90. The molecule has 0 spiro atoms. The number of aliphatic imine (C=N–C) groups is 1. The molecular weight excluding hydrogens is 398 g/mol. The second kappa shape index (κ2) is 9.68. The number of hydrogen-bond donors (Lipinski definition) is 2. The standard InChI is InChI=1S/C25H31N7/c1-18-22(19(2)32(30-18)21-11-6-5-7-12-21)17-28-25(26-4)27-15-10-16-31-20(3)29-23-13-8-9-14-24(23)31/h5-9,11-14H,10,15-17H2,1-4H3,(H2,26,27,28). The Hall–Kier alpha value is -3.61. The van der Waals surface area contributed by atoms with Gasteiger partial charge in [0.2, 0.25) is 0 Å². The smallest absolute Gasteiger partial charge is 0.191 e. The maximum Gasteiger partial charge on any atom is 0.191 e. The molecule has 0 fully saturated rings. The van der Waals surface area contributed by atoms with Crippen molar-refractivity contribution in [2.45, 2.75) is 40.3 Å². The zero-order chi connectivity index (χ0) is 22.5. The van der Waals surface area contributed by atoms with Gasteiger partial charge in [-0.3, -0.25) is 4.99 Å². The van der Waals surface area contributed by atoms with Crippen LogP contribution in [0.2, 0.25) is 0 Å². The molecule has 2 aromatic heterocycles. The maximum absolute atomic E-state index is 4.73. The molecule has 0 atom stereocenters. The molecule has 0 unspecified atom stereocenters. The molecule has 0 saturated heterocycles. The number of imidazole rings is 1. The van der Waals surface area contributed by atoms with Gasteiger partial charge >= 0.3 is 0 Å². The summed E-state index contributed by atoms with van der Waals surface area (Å²) in [4.78, 5) is 9.02. The summed E-state index contributed by atoms with van der Waals surface area (Å²) in [5.74, 6) is 1.85. The van der Waals surface area contributed by atoms with Crippen molar-refractivity contribution in [1.82, 2.24) is 30.0 Å². The summed E-state index contributed by atoms with van der Waals surface area (Å²) in [7, 11) is 1.80. The number of rotatable bonds is 7. The van der Waals surface area contributed by atoms with E-state index in [-0.39, 0.29) is 0 Å². The highest BCUT2D eigenvalue weighted by molar-refractivity contribution is 5.79. The van der Waals surface area contributed by atoms with Crippen molar-refractivity contribution in [3.05, 3.63) is 77.4 Å². The summed E-state index contributed by atoms with van der Waals surface area (Å²) >= 11 is 0. The number of fused-ring (bicyclic) bond motifs is 1. The first-order chi connectivity index (χ1) is 15.6.